The van der Waals surface area contributed by atoms with E-state index in [-0.39, 0.29) is 0 Å². The fourth-order valence-corrected chi connectivity index (χ4v) is 4.91. The summed E-state index contributed by atoms with van der Waals surface area (Å²) in [6.07, 6.45) is 9.96. The summed E-state index contributed by atoms with van der Waals surface area (Å²) in [5.41, 5.74) is 0.557. The Hall–Kier alpha value is 0.270. The summed E-state index contributed by atoms with van der Waals surface area (Å²) in [5.74, 6) is 2.67. The van der Waals surface area contributed by atoms with E-state index in [1.165, 1.54) is 82.6 Å². The molecule has 0 radical (unpaired) electrons. The number of hydrogen-bond acceptors (Lipinski definition) is 3. The number of nitrogens with one attached hydrogen (secondary N) is 1. The van der Waals surface area contributed by atoms with Crippen LogP contribution in [0.5, 0.6) is 0 Å². The molecule has 3 heteroatoms. The summed E-state index contributed by atoms with van der Waals surface area (Å²) in [7, 11) is 0. The topological polar surface area (TPSA) is 15.3 Å². The van der Waals surface area contributed by atoms with Crippen molar-refractivity contribution < 1.29 is 0 Å². The number of rotatable bonds is 6. The number of hydrogen-bond donors (Lipinski definition) is 1. The van der Waals surface area contributed by atoms with Crippen LogP contribution in [0.2, 0.25) is 0 Å². The van der Waals surface area contributed by atoms with Crippen LogP contribution in [-0.4, -0.2) is 48.6 Å². The first-order chi connectivity index (χ1) is 9.76. The van der Waals surface area contributed by atoms with E-state index in [1.54, 1.807) is 0 Å². The molecule has 1 N–H and O–H groups in total. The molecule has 1 aliphatic carbocycles. The van der Waals surface area contributed by atoms with Gasteiger partial charge in [0.05, 0.1) is 0 Å². The monoisotopic (exact) mass is 298 g/mol. The third-order valence-electron chi connectivity index (χ3n) is 5.13. The molecule has 2 nitrogen and oxygen atoms in total. The molecule has 2 fully saturated rings. The van der Waals surface area contributed by atoms with E-state index in [2.05, 4.69) is 35.8 Å². The van der Waals surface area contributed by atoms with E-state index >= 15 is 0 Å². The van der Waals surface area contributed by atoms with Crippen molar-refractivity contribution in [2.24, 2.45) is 5.41 Å². The minimum absolute atomic E-state index is 0.557. The molecular formula is C17H34N2S. The Morgan fingerprint density at radius 3 is 2.60 bits per heavy atom. The van der Waals surface area contributed by atoms with Crippen LogP contribution >= 0.6 is 11.8 Å². The Bertz CT molecular complexity index is 262. The van der Waals surface area contributed by atoms with Crippen LogP contribution in [0.1, 0.15) is 58.8 Å². The molecule has 20 heavy (non-hydrogen) atoms. The van der Waals surface area contributed by atoms with Gasteiger partial charge in [0.25, 0.3) is 0 Å². The zero-order valence-corrected chi connectivity index (χ0v) is 14.4. The minimum Gasteiger partial charge on any atom is -0.316 e. The zero-order valence-electron chi connectivity index (χ0n) is 13.6. The van der Waals surface area contributed by atoms with Crippen molar-refractivity contribution in [3.8, 4) is 0 Å². The molecule has 1 unspecified atom stereocenters. The van der Waals surface area contributed by atoms with Gasteiger partial charge in [-0.05, 0) is 38.1 Å². The van der Waals surface area contributed by atoms with Crippen molar-refractivity contribution in [3.63, 3.8) is 0 Å². The fourth-order valence-electron chi connectivity index (χ4n) is 3.83. The van der Waals surface area contributed by atoms with E-state index in [0.717, 1.165) is 6.04 Å². The van der Waals surface area contributed by atoms with Crippen molar-refractivity contribution in [1.82, 2.24) is 10.2 Å². The van der Waals surface area contributed by atoms with E-state index in [9.17, 15) is 0 Å². The Kier molecular flexibility index (Phi) is 7.20. The van der Waals surface area contributed by atoms with Crippen molar-refractivity contribution >= 4 is 11.8 Å². The van der Waals surface area contributed by atoms with E-state index in [1.807, 2.05) is 0 Å². The smallest absolute Gasteiger partial charge is 0.0158 e. The van der Waals surface area contributed by atoms with E-state index < -0.39 is 0 Å². The van der Waals surface area contributed by atoms with Crippen LogP contribution in [0.15, 0.2) is 0 Å². The van der Waals surface area contributed by atoms with Crippen LogP contribution < -0.4 is 5.32 Å². The van der Waals surface area contributed by atoms with Crippen LogP contribution in [0.3, 0.4) is 0 Å². The van der Waals surface area contributed by atoms with Gasteiger partial charge in [-0.15, -0.1) is 0 Å². The minimum atomic E-state index is 0.557. The van der Waals surface area contributed by atoms with Crippen molar-refractivity contribution in [2.45, 2.75) is 64.8 Å². The van der Waals surface area contributed by atoms with Crippen LogP contribution in [0, 0.1) is 5.41 Å². The maximum atomic E-state index is 3.75. The second-order valence-corrected chi connectivity index (χ2v) is 8.14. The molecule has 1 atom stereocenters. The highest BCUT2D eigenvalue weighted by atomic mass is 32.2. The maximum absolute atomic E-state index is 3.75. The molecule has 0 aromatic heterocycles. The molecule has 2 aliphatic rings. The first kappa shape index (κ1) is 16.6. The van der Waals surface area contributed by atoms with Gasteiger partial charge in [-0.1, -0.05) is 32.6 Å². The van der Waals surface area contributed by atoms with Gasteiger partial charge in [0.15, 0.2) is 0 Å². The molecule has 0 amide bonds. The lowest BCUT2D eigenvalue weighted by Gasteiger charge is -2.42. The fraction of sp³-hybridized carbons (Fsp3) is 1.00. The predicted molar refractivity (Wildman–Crippen MR) is 91.7 cm³/mol. The third-order valence-corrected chi connectivity index (χ3v) is 6.32. The van der Waals surface area contributed by atoms with E-state index in [0.29, 0.717) is 5.41 Å². The highest BCUT2D eigenvalue weighted by Crippen LogP contribution is 2.36. The molecule has 118 valence electrons. The summed E-state index contributed by atoms with van der Waals surface area (Å²) in [6, 6.07) is 0.778. The Morgan fingerprint density at radius 1 is 1.20 bits per heavy atom. The second-order valence-electron chi connectivity index (χ2n) is 6.99. The zero-order chi connectivity index (χ0) is 14.3. The molecule has 0 bridgehead atoms. The molecular weight excluding hydrogens is 264 g/mol. The summed E-state index contributed by atoms with van der Waals surface area (Å²) in [4.78, 5) is 2.79. The van der Waals surface area contributed by atoms with Gasteiger partial charge >= 0.3 is 0 Å². The lowest BCUT2D eigenvalue weighted by molar-refractivity contribution is 0.108. The quantitative estimate of drug-likeness (QED) is 0.594. The lowest BCUT2D eigenvalue weighted by atomic mass is 9.79. The number of thioether (sulfide) groups is 1. The van der Waals surface area contributed by atoms with Gasteiger partial charge < -0.3 is 5.32 Å². The molecule has 0 aromatic carbocycles. The summed E-state index contributed by atoms with van der Waals surface area (Å²) >= 11 is 2.14. The predicted octanol–water partition coefficient (Wildman–Crippen LogP) is 3.76. The maximum Gasteiger partial charge on any atom is 0.0158 e. The van der Waals surface area contributed by atoms with E-state index in [4.69, 9.17) is 0 Å². The molecule has 1 aliphatic heterocycles. The Balaban J connectivity index is 1.96. The molecule has 1 heterocycles. The van der Waals surface area contributed by atoms with Gasteiger partial charge in [-0.25, -0.2) is 0 Å². The average Bonchev–Trinajstić information content (AvgIpc) is 2.68. The van der Waals surface area contributed by atoms with Crippen molar-refractivity contribution in [1.29, 1.82) is 0 Å². The Labute approximate surface area is 130 Å². The highest BCUT2D eigenvalue weighted by Gasteiger charge is 2.34. The summed E-state index contributed by atoms with van der Waals surface area (Å²) in [6.45, 7) is 9.78. The number of nitrogens with zero attached hydrogens (tertiary/aromatic N) is 1. The van der Waals surface area contributed by atoms with Gasteiger partial charge in [0.2, 0.25) is 0 Å². The standard InChI is InChI=1S/C17H34N2S/c1-3-10-18-14-17(8-6-4-5-7-9-17)15-19-11-12-20-13-16(19)2/h16,18H,3-15H2,1-2H3. The largest absolute Gasteiger partial charge is 0.316 e. The first-order valence-corrected chi connectivity index (χ1v) is 9.94. The average molecular weight is 299 g/mol. The molecule has 1 saturated carbocycles. The first-order valence-electron chi connectivity index (χ1n) is 8.78. The second kappa shape index (κ2) is 8.65. The van der Waals surface area contributed by atoms with Crippen LogP contribution in [-0.2, 0) is 0 Å². The van der Waals surface area contributed by atoms with Gasteiger partial charge in [-0.2, -0.15) is 11.8 Å². The molecule has 0 aromatic rings. The van der Waals surface area contributed by atoms with Gasteiger partial charge in [-0.3, -0.25) is 4.90 Å². The van der Waals surface area contributed by atoms with Gasteiger partial charge in [0.1, 0.15) is 0 Å². The van der Waals surface area contributed by atoms with Crippen LogP contribution in [0.25, 0.3) is 0 Å². The normalized spacial score (nSPS) is 28.2. The lowest BCUT2D eigenvalue weighted by Crippen LogP contribution is -2.50. The summed E-state index contributed by atoms with van der Waals surface area (Å²) < 4.78 is 0. The Morgan fingerprint density at radius 2 is 1.95 bits per heavy atom. The molecule has 0 spiro atoms. The third kappa shape index (κ3) is 4.92. The highest BCUT2D eigenvalue weighted by molar-refractivity contribution is 7.99. The van der Waals surface area contributed by atoms with Crippen molar-refractivity contribution in [3.05, 3.63) is 0 Å². The SMILES string of the molecule is CCCNCC1(CN2CCSCC2C)CCCCCC1. The summed E-state index contributed by atoms with van der Waals surface area (Å²) in [5, 5.41) is 3.75. The van der Waals surface area contributed by atoms with Crippen molar-refractivity contribution in [2.75, 3.05) is 37.7 Å². The molecule has 2 rings (SSSR count). The molecule has 1 saturated heterocycles. The van der Waals surface area contributed by atoms with Gasteiger partial charge in [0, 0.05) is 37.2 Å². The van der Waals surface area contributed by atoms with Crippen LogP contribution in [0.4, 0.5) is 0 Å².